The van der Waals surface area contributed by atoms with Crippen molar-refractivity contribution in [3.05, 3.63) is 0 Å². The summed E-state index contributed by atoms with van der Waals surface area (Å²) in [4.78, 5) is 0. The quantitative estimate of drug-likeness (QED) is 0.630. The number of rotatable bonds is 1. The normalized spacial score (nSPS) is 48.8. The summed E-state index contributed by atoms with van der Waals surface area (Å²) < 4.78 is 0. The smallest absolute Gasteiger partial charge is 0.0724 e. The van der Waals surface area contributed by atoms with Crippen LogP contribution < -0.4 is 0 Å². The standard InChI is InChI=1S/C10H20O2/c1-7(2)10(12)6-9(4,11)5-8(10)3/h7-8,11-12H,5-6H2,1-4H3/t8-,9-,10+/m1/s1. The van der Waals surface area contributed by atoms with Crippen LogP contribution in [0, 0.1) is 11.8 Å². The molecule has 2 nitrogen and oxygen atoms in total. The van der Waals surface area contributed by atoms with Crippen LogP contribution >= 0.6 is 0 Å². The maximum atomic E-state index is 10.2. The highest BCUT2D eigenvalue weighted by Gasteiger charge is 2.50. The lowest BCUT2D eigenvalue weighted by molar-refractivity contribution is -0.0491. The third kappa shape index (κ3) is 1.50. The van der Waals surface area contributed by atoms with Gasteiger partial charge in [0.25, 0.3) is 0 Å². The van der Waals surface area contributed by atoms with Crippen molar-refractivity contribution < 1.29 is 10.2 Å². The van der Waals surface area contributed by atoms with Crippen molar-refractivity contribution in [1.82, 2.24) is 0 Å². The van der Waals surface area contributed by atoms with Crippen LogP contribution in [0.5, 0.6) is 0 Å². The highest BCUT2D eigenvalue weighted by atomic mass is 16.3. The maximum absolute atomic E-state index is 10.2. The van der Waals surface area contributed by atoms with Gasteiger partial charge in [-0.25, -0.2) is 0 Å². The molecule has 2 N–H and O–H groups in total. The summed E-state index contributed by atoms with van der Waals surface area (Å²) in [6.45, 7) is 7.85. The Morgan fingerprint density at radius 3 is 2.00 bits per heavy atom. The van der Waals surface area contributed by atoms with Gasteiger partial charge in [-0.05, 0) is 25.2 Å². The van der Waals surface area contributed by atoms with Crippen LogP contribution in [-0.2, 0) is 0 Å². The Hall–Kier alpha value is -0.0800. The summed E-state index contributed by atoms with van der Waals surface area (Å²) in [5.41, 5.74) is -1.33. The van der Waals surface area contributed by atoms with E-state index in [9.17, 15) is 10.2 Å². The predicted octanol–water partition coefficient (Wildman–Crippen LogP) is 1.55. The Morgan fingerprint density at radius 2 is 1.83 bits per heavy atom. The second-order valence-electron chi connectivity index (χ2n) is 4.92. The molecule has 0 unspecified atom stereocenters. The Balaban J connectivity index is 2.81. The summed E-state index contributed by atoms with van der Waals surface area (Å²) in [5, 5.41) is 20.0. The molecule has 1 fully saturated rings. The minimum Gasteiger partial charge on any atom is -0.390 e. The molecule has 0 aromatic rings. The van der Waals surface area contributed by atoms with Crippen molar-refractivity contribution in [2.45, 2.75) is 51.7 Å². The van der Waals surface area contributed by atoms with Gasteiger partial charge in [-0.3, -0.25) is 0 Å². The Morgan fingerprint density at radius 1 is 1.33 bits per heavy atom. The zero-order chi connectivity index (χ0) is 9.57. The molecule has 0 saturated heterocycles. The fourth-order valence-corrected chi connectivity index (χ4v) is 2.47. The zero-order valence-corrected chi connectivity index (χ0v) is 8.46. The summed E-state index contributed by atoms with van der Waals surface area (Å²) in [6, 6.07) is 0. The van der Waals surface area contributed by atoms with Crippen molar-refractivity contribution >= 4 is 0 Å². The first-order valence-corrected chi connectivity index (χ1v) is 4.73. The molecule has 1 aliphatic carbocycles. The van der Waals surface area contributed by atoms with E-state index in [-0.39, 0.29) is 11.8 Å². The van der Waals surface area contributed by atoms with E-state index in [0.29, 0.717) is 12.8 Å². The highest BCUT2D eigenvalue weighted by Crippen LogP contribution is 2.45. The lowest BCUT2D eigenvalue weighted by Gasteiger charge is -2.32. The molecule has 2 heteroatoms. The zero-order valence-electron chi connectivity index (χ0n) is 8.46. The van der Waals surface area contributed by atoms with Crippen molar-refractivity contribution in [3.63, 3.8) is 0 Å². The topological polar surface area (TPSA) is 40.5 Å². The van der Waals surface area contributed by atoms with Crippen LogP contribution in [0.25, 0.3) is 0 Å². The molecule has 0 radical (unpaired) electrons. The van der Waals surface area contributed by atoms with Crippen molar-refractivity contribution in [2.75, 3.05) is 0 Å². The van der Waals surface area contributed by atoms with E-state index in [1.54, 1.807) is 0 Å². The maximum Gasteiger partial charge on any atom is 0.0724 e. The van der Waals surface area contributed by atoms with Gasteiger partial charge in [-0.1, -0.05) is 20.8 Å². The molecule has 1 rings (SSSR count). The summed E-state index contributed by atoms with van der Waals surface area (Å²) in [5.74, 6) is 0.425. The van der Waals surface area contributed by atoms with Crippen LogP contribution in [-0.4, -0.2) is 21.4 Å². The van der Waals surface area contributed by atoms with Gasteiger partial charge in [0.1, 0.15) is 0 Å². The average Bonchev–Trinajstić information content (AvgIpc) is 2.03. The SMILES string of the molecule is CC(C)[C@@]1(O)C[C@](C)(O)C[C@H]1C. The van der Waals surface area contributed by atoms with Gasteiger partial charge in [0.05, 0.1) is 11.2 Å². The molecule has 0 bridgehead atoms. The molecule has 72 valence electrons. The average molecular weight is 172 g/mol. The number of hydrogen-bond donors (Lipinski definition) is 2. The lowest BCUT2D eigenvalue weighted by Crippen LogP contribution is -2.38. The van der Waals surface area contributed by atoms with E-state index in [1.165, 1.54) is 0 Å². The second-order valence-corrected chi connectivity index (χ2v) is 4.92. The molecule has 12 heavy (non-hydrogen) atoms. The molecular weight excluding hydrogens is 152 g/mol. The first kappa shape index (κ1) is 10.0. The Kier molecular flexibility index (Phi) is 2.26. The molecule has 1 aliphatic rings. The molecule has 0 heterocycles. The highest BCUT2D eigenvalue weighted by molar-refractivity contribution is 5.02. The minimum absolute atomic E-state index is 0.201. The van der Waals surface area contributed by atoms with E-state index < -0.39 is 11.2 Å². The van der Waals surface area contributed by atoms with Crippen LogP contribution in [0.15, 0.2) is 0 Å². The Bertz CT molecular complexity index is 175. The van der Waals surface area contributed by atoms with Crippen molar-refractivity contribution in [3.8, 4) is 0 Å². The largest absolute Gasteiger partial charge is 0.390 e. The fraction of sp³-hybridized carbons (Fsp3) is 1.00. The monoisotopic (exact) mass is 172 g/mol. The van der Waals surface area contributed by atoms with Gasteiger partial charge in [0.2, 0.25) is 0 Å². The molecular formula is C10H20O2. The summed E-state index contributed by atoms with van der Waals surface area (Å²) in [6.07, 6.45) is 1.22. The van der Waals surface area contributed by atoms with Gasteiger partial charge >= 0.3 is 0 Å². The van der Waals surface area contributed by atoms with E-state index >= 15 is 0 Å². The molecule has 3 atom stereocenters. The van der Waals surface area contributed by atoms with Crippen molar-refractivity contribution in [1.29, 1.82) is 0 Å². The second kappa shape index (κ2) is 2.71. The molecule has 1 saturated carbocycles. The molecule has 0 amide bonds. The first-order valence-electron chi connectivity index (χ1n) is 4.73. The predicted molar refractivity (Wildman–Crippen MR) is 48.8 cm³/mol. The van der Waals surface area contributed by atoms with Gasteiger partial charge in [-0.15, -0.1) is 0 Å². The van der Waals surface area contributed by atoms with E-state index in [2.05, 4.69) is 0 Å². The molecule has 0 aromatic carbocycles. The van der Waals surface area contributed by atoms with Crippen LogP contribution in [0.2, 0.25) is 0 Å². The van der Waals surface area contributed by atoms with Gasteiger partial charge in [-0.2, -0.15) is 0 Å². The number of hydrogen-bond acceptors (Lipinski definition) is 2. The summed E-state index contributed by atoms with van der Waals surface area (Å²) >= 11 is 0. The molecule has 0 aromatic heterocycles. The first-order chi connectivity index (χ1) is 5.28. The van der Waals surface area contributed by atoms with Gasteiger partial charge in [0.15, 0.2) is 0 Å². The van der Waals surface area contributed by atoms with Gasteiger partial charge < -0.3 is 10.2 Å². The third-order valence-corrected chi connectivity index (χ3v) is 3.26. The molecule has 0 spiro atoms. The summed E-state index contributed by atoms with van der Waals surface area (Å²) in [7, 11) is 0. The Labute approximate surface area is 74.6 Å². The van der Waals surface area contributed by atoms with E-state index in [1.807, 2.05) is 27.7 Å². The van der Waals surface area contributed by atoms with E-state index in [0.717, 1.165) is 0 Å². The van der Waals surface area contributed by atoms with Crippen LogP contribution in [0.3, 0.4) is 0 Å². The number of aliphatic hydroxyl groups is 2. The fourth-order valence-electron chi connectivity index (χ4n) is 2.47. The van der Waals surface area contributed by atoms with Crippen LogP contribution in [0.1, 0.15) is 40.5 Å². The minimum atomic E-state index is -0.668. The van der Waals surface area contributed by atoms with Crippen LogP contribution in [0.4, 0.5) is 0 Å². The van der Waals surface area contributed by atoms with Crippen molar-refractivity contribution in [2.24, 2.45) is 11.8 Å². The molecule has 0 aliphatic heterocycles. The third-order valence-electron chi connectivity index (χ3n) is 3.26. The van der Waals surface area contributed by atoms with E-state index in [4.69, 9.17) is 0 Å². The van der Waals surface area contributed by atoms with Gasteiger partial charge in [0, 0.05) is 6.42 Å². The lowest BCUT2D eigenvalue weighted by atomic mass is 9.82.